The Morgan fingerprint density at radius 1 is 1.27 bits per heavy atom. The minimum atomic E-state index is 0.0450. The summed E-state index contributed by atoms with van der Waals surface area (Å²) in [6.45, 7) is 0. The molecule has 6 N–H and O–H groups in total. The molecule has 0 aliphatic carbocycles. The van der Waals surface area contributed by atoms with Crippen LogP contribution in [-0.2, 0) is 0 Å². The first-order valence-electron chi connectivity index (χ1n) is 3.21. The van der Waals surface area contributed by atoms with Crippen molar-refractivity contribution in [3.05, 3.63) is 12.1 Å². The highest BCUT2D eigenvalue weighted by molar-refractivity contribution is 5.74. The van der Waals surface area contributed by atoms with Crippen molar-refractivity contribution in [2.45, 2.75) is 0 Å². The van der Waals surface area contributed by atoms with Gasteiger partial charge in [0, 0.05) is 13.1 Å². The molecule has 0 aliphatic heterocycles. The highest BCUT2D eigenvalue weighted by atomic mass is 16.3. The third-order valence-corrected chi connectivity index (χ3v) is 1.47. The van der Waals surface area contributed by atoms with Crippen molar-refractivity contribution in [2.75, 3.05) is 23.8 Å². The average molecular weight is 153 g/mol. The molecule has 0 saturated carbocycles. The molecule has 0 unspecified atom stereocenters. The van der Waals surface area contributed by atoms with Gasteiger partial charge in [0.25, 0.3) is 0 Å². The predicted molar refractivity (Wildman–Crippen MR) is 46.5 cm³/mol. The average Bonchev–Trinajstić information content (AvgIpc) is 1.97. The molecule has 1 rings (SSSR count). The molecule has 0 amide bonds. The van der Waals surface area contributed by atoms with Crippen molar-refractivity contribution < 1.29 is 5.11 Å². The summed E-state index contributed by atoms with van der Waals surface area (Å²) < 4.78 is 0. The van der Waals surface area contributed by atoms with Gasteiger partial charge in [-0.15, -0.1) is 0 Å². The van der Waals surface area contributed by atoms with Gasteiger partial charge in [0.1, 0.15) is 5.75 Å². The van der Waals surface area contributed by atoms with Gasteiger partial charge >= 0.3 is 0 Å². The summed E-state index contributed by atoms with van der Waals surface area (Å²) in [6, 6.07) is 3.01. The molecule has 4 nitrogen and oxygen atoms in total. The van der Waals surface area contributed by atoms with Gasteiger partial charge in [-0.25, -0.2) is 0 Å². The van der Waals surface area contributed by atoms with Crippen LogP contribution in [0.25, 0.3) is 0 Å². The van der Waals surface area contributed by atoms with Crippen LogP contribution in [0.5, 0.6) is 5.75 Å². The van der Waals surface area contributed by atoms with Crippen LogP contribution in [0, 0.1) is 0 Å². The van der Waals surface area contributed by atoms with Crippen molar-refractivity contribution in [1.29, 1.82) is 0 Å². The minimum absolute atomic E-state index is 0.0450. The molecule has 0 spiro atoms. The van der Waals surface area contributed by atoms with Crippen molar-refractivity contribution in [2.24, 2.45) is 0 Å². The SMILES string of the molecule is CNc1cc(O)c(N)cc1N. The highest BCUT2D eigenvalue weighted by Gasteiger charge is 2.01. The molecule has 1 aromatic carbocycles. The number of rotatable bonds is 1. The molecule has 0 fully saturated rings. The van der Waals surface area contributed by atoms with Crippen LogP contribution in [0.15, 0.2) is 12.1 Å². The molecule has 0 bridgehead atoms. The number of phenolic OH excluding ortho intramolecular Hbond substituents is 1. The maximum Gasteiger partial charge on any atom is 0.140 e. The van der Waals surface area contributed by atoms with Crippen LogP contribution in [0.3, 0.4) is 0 Å². The number of phenols is 1. The van der Waals surface area contributed by atoms with Crippen molar-refractivity contribution in [3.63, 3.8) is 0 Å². The quantitative estimate of drug-likeness (QED) is 0.270. The van der Waals surface area contributed by atoms with Gasteiger partial charge in [0.05, 0.1) is 17.1 Å². The highest BCUT2D eigenvalue weighted by Crippen LogP contribution is 2.29. The monoisotopic (exact) mass is 153 g/mol. The zero-order valence-electron chi connectivity index (χ0n) is 6.26. The Morgan fingerprint density at radius 3 is 2.45 bits per heavy atom. The van der Waals surface area contributed by atoms with E-state index in [1.165, 1.54) is 12.1 Å². The van der Waals surface area contributed by atoms with Crippen molar-refractivity contribution in [3.8, 4) is 5.75 Å². The van der Waals surface area contributed by atoms with Gasteiger partial charge in [-0.3, -0.25) is 0 Å². The van der Waals surface area contributed by atoms with Gasteiger partial charge in [-0.2, -0.15) is 0 Å². The van der Waals surface area contributed by atoms with Gasteiger partial charge in [-0.05, 0) is 6.07 Å². The molecule has 1 aromatic rings. The first-order valence-corrected chi connectivity index (χ1v) is 3.21. The predicted octanol–water partition coefficient (Wildman–Crippen LogP) is 0.598. The number of aromatic hydroxyl groups is 1. The molecule has 0 saturated heterocycles. The van der Waals surface area contributed by atoms with Crippen LogP contribution in [0.4, 0.5) is 17.1 Å². The lowest BCUT2D eigenvalue weighted by Gasteiger charge is -2.06. The molecule has 0 atom stereocenters. The van der Waals surface area contributed by atoms with Crippen LogP contribution in [-0.4, -0.2) is 12.2 Å². The zero-order valence-corrected chi connectivity index (χ0v) is 6.26. The molecular formula is C7H11N3O. The van der Waals surface area contributed by atoms with E-state index in [4.69, 9.17) is 16.6 Å². The van der Waals surface area contributed by atoms with E-state index in [9.17, 15) is 0 Å². The second kappa shape index (κ2) is 2.57. The lowest BCUT2D eigenvalue weighted by Crippen LogP contribution is -1.97. The first-order chi connectivity index (χ1) is 5.15. The van der Waals surface area contributed by atoms with Crippen molar-refractivity contribution >= 4 is 17.1 Å². The molecular weight excluding hydrogens is 142 g/mol. The van der Waals surface area contributed by atoms with E-state index in [1.54, 1.807) is 7.05 Å². The molecule has 0 radical (unpaired) electrons. The van der Waals surface area contributed by atoms with Crippen LogP contribution < -0.4 is 16.8 Å². The summed E-state index contributed by atoms with van der Waals surface area (Å²) in [5.41, 5.74) is 12.4. The smallest absolute Gasteiger partial charge is 0.140 e. The maximum absolute atomic E-state index is 9.14. The van der Waals surface area contributed by atoms with Crippen LogP contribution in [0.1, 0.15) is 0 Å². The molecule has 4 heteroatoms. The fourth-order valence-electron chi connectivity index (χ4n) is 0.839. The number of nitrogen functional groups attached to an aromatic ring is 2. The number of benzene rings is 1. The standard InChI is InChI=1S/C7H11N3O/c1-10-6-3-7(11)5(9)2-4(6)8/h2-3,10-11H,8-9H2,1H3. The van der Waals surface area contributed by atoms with Crippen LogP contribution >= 0.6 is 0 Å². The van der Waals surface area contributed by atoms with E-state index < -0.39 is 0 Å². The van der Waals surface area contributed by atoms with E-state index in [0.29, 0.717) is 17.1 Å². The second-order valence-electron chi connectivity index (χ2n) is 2.25. The van der Waals surface area contributed by atoms with E-state index in [2.05, 4.69) is 5.32 Å². The van der Waals surface area contributed by atoms with E-state index in [1.807, 2.05) is 0 Å². The number of hydrogen-bond donors (Lipinski definition) is 4. The van der Waals surface area contributed by atoms with Gasteiger partial charge in [0.2, 0.25) is 0 Å². The Labute approximate surface area is 64.8 Å². The zero-order chi connectivity index (χ0) is 8.43. The Kier molecular flexibility index (Phi) is 1.76. The molecule has 11 heavy (non-hydrogen) atoms. The number of nitrogens with one attached hydrogen (secondary N) is 1. The Bertz CT molecular complexity index is 273. The largest absolute Gasteiger partial charge is 0.506 e. The van der Waals surface area contributed by atoms with Gasteiger partial charge in [-0.1, -0.05) is 0 Å². The number of nitrogens with two attached hydrogens (primary N) is 2. The number of anilines is 3. The molecule has 0 aliphatic rings. The fraction of sp³-hybridized carbons (Fsp3) is 0.143. The Hall–Kier alpha value is -1.58. The van der Waals surface area contributed by atoms with E-state index in [0.717, 1.165) is 0 Å². The summed E-state index contributed by atoms with van der Waals surface area (Å²) in [7, 11) is 1.72. The lowest BCUT2D eigenvalue weighted by atomic mass is 10.2. The minimum Gasteiger partial charge on any atom is -0.506 e. The Morgan fingerprint density at radius 2 is 1.91 bits per heavy atom. The summed E-state index contributed by atoms with van der Waals surface area (Å²) in [5.74, 6) is 0.0450. The summed E-state index contributed by atoms with van der Waals surface area (Å²) in [6.07, 6.45) is 0. The fourth-order valence-corrected chi connectivity index (χ4v) is 0.839. The third-order valence-electron chi connectivity index (χ3n) is 1.47. The normalized spacial score (nSPS) is 9.55. The van der Waals surface area contributed by atoms with Crippen LogP contribution in [0.2, 0.25) is 0 Å². The van der Waals surface area contributed by atoms with Crippen molar-refractivity contribution in [1.82, 2.24) is 0 Å². The topological polar surface area (TPSA) is 84.3 Å². The molecule has 0 aromatic heterocycles. The first kappa shape index (κ1) is 7.53. The maximum atomic E-state index is 9.14. The molecule has 0 heterocycles. The van der Waals surface area contributed by atoms with Gasteiger partial charge in [0.15, 0.2) is 0 Å². The third kappa shape index (κ3) is 1.29. The molecule has 60 valence electrons. The Balaban J connectivity index is 3.21. The summed E-state index contributed by atoms with van der Waals surface area (Å²) in [5, 5.41) is 12.0. The lowest BCUT2D eigenvalue weighted by molar-refractivity contribution is 0.478. The second-order valence-corrected chi connectivity index (χ2v) is 2.25. The summed E-state index contributed by atoms with van der Waals surface area (Å²) >= 11 is 0. The van der Waals surface area contributed by atoms with E-state index >= 15 is 0 Å². The van der Waals surface area contributed by atoms with Gasteiger partial charge < -0.3 is 21.9 Å². The summed E-state index contributed by atoms with van der Waals surface area (Å²) in [4.78, 5) is 0. The number of hydrogen-bond acceptors (Lipinski definition) is 4. The van der Waals surface area contributed by atoms with E-state index in [-0.39, 0.29) is 5.75 Å².